The quantitative estimate of drug-likeness (QED) is 0.332. The molecule has 29 heavy (non-hydrogen) atoms. The lowest BCUT2D eigenvalue weighted by Crippen LogP contribution is -1.99. The smallest absolute Gasteiger partial charge is 0.284 e. The fraction of sp³-hybridized carbons (Fsp3) is 0.176. The van der Waals surface area contributed by atoms with Crippen LogP contribution in [-0.2, 0) is 0 Å². The van der Waals surface area contributed by atoms with Gasteiger partial charge in [-0.15, -0.1) is 0 Å². The summed E-state index contributed by atoms with van der Waals surface area (Å²) in [6.07, 6.45) is 0. The molecule has 152 valence electrons. The summed E-state index contributed by atoms with van der Waals surface area (Å²) in [6.45, 7) is 2.43. The monoisotopic (exact) mass is 406 g/mol. The first kappa shape index (κ1) is 21.1. The minimum Gasteiger partial charge on any atom is -0.504 e. The Morgan fingerprint density at radius 1 is 0.828 bits per heavy atom. The van der Waals surface area contributed by atoms with Gasteiger partial charge >= 0.3 is 0 Å². The highest BCUT2D eigenvalue weighted by atomic mass is 16.7. The number of carbonyl (C=O) groups is 2. The van der Waals surface area contributed by atoms with Crippen LogP contribution in [0.25, 0.3) is 0 Å². The summed E-state index contributed by atoms with van der Waals surface area (Å²) >= 11 is 0. The standard InChI is InChI=1S/C9H7NO5.C8H7NO5/c1-5(11)6-2-8-9(15-4-14-8)3-7(6)10(12)13;1-4(10)5-2-7(11)8(12)3-6(5)9(13)14/h2-3H,4H2,1H3;2-3,11-12H,1H3. The predicted octanol–water partition coefficient (Wildman–Crippen LogP) is 2.73. The normalized spacial score (nSPS) is 11.2. The average molecular weight is 406 g/mol. The number of aromatic hydroxyl groups is 2. The number of phenols is 2. The second kappa shape index (κ2) is 8.21. The highest BCUT2D eigenvalue weighted by Crippen LogP contribution is 2.38. The van der Waals surface area contributed by atoms with Crippen LogP contribution in [0, 0.1) is 20.2 Å². The molecular weight excluding hydrogens is 392 g/mol. The lowest BCUT2D eigenvalue weighted by Gasteiger charge is -2.01. The highest BCUT2D eigenvalue weighted by molar-refractivity contribution is 5.99. The summed E-state index contributed by atoms with van der Waals surface area (Å²) in [5.74, 6) is -1.44. The van der Waals surface area contributed by atoms with Gasteiger partial charge in [-0.1, -0.05) is 0 Å². The maximum atomic E-state index is 11.2. The fourth-order valence-electron chi connectivity index (χ4n) is 2.36. The van der Waals surface area contributed by atoms with Crippen molar-refractivity contribution in [2.24, 2.45) is 0 Å². The molecule has 1 aliphatic rings. The Labute approximate surface area is 162 Å². The molecule has 1 aliphatic heterocycles. The highest BCUT2D eigenvalue weighted by Gasteiger charge is 2.25. The molecule has 0 fully saturated rings. The van der Waals surface area contributed by atoms with Crippen LogP contribution in [0.3, 0.4) is 0 Å². The number of ketones is 2. The van der Waals surface area contributed by atoms with E-state index in [2.05, 4.69) is 0 Å². The van der Waals surface area contributed by atoms with Gasteiger partial charge in [0.15, 0.2) is 34.6 Å². The third-order valence-electron chi connectivity index (χ3n) is 3.74. The van der Waals surface area contributed by atoms with E-state index in [1.165, 1.54) is 19.1 Å². The van der Waals surface area contributed by atoms with Gasteiger partial charge in [-0.2, -0.15) is 0 Å². The number of rotatable bonds is 4. The zero-order valence-electron chi connectivity index (χ0n) is 15.1. The van der Waals surface area contributed by atoms with Crippen molar-refractivity contribution in [1.29, 1.82) is 0 Å². The lowest BCUT2D eigenvalue weighted by atomic mass is 10.1. The maximum Gasteiger partial charge on any atom is 0.284 e. The van der Waals surface area contributed by atoms with E-state index in [9.17, 15) is 29.8 Å². The number of hydrogen-bond acceptors (Lipinski definition) is 10. The van der Waals surface area contributed by atoms with E-state index in [4.69, 9.17) is 19.7 Å². The SMILES string of the molecule is CC(=O)c1cc(O)c(O)cc1[N+](=O)[O-].CC(=O)c1cc2c(cc1[N+](=O)[O-])OCO2. The molecule has 0 bridgehead atoms. The van der Waals surface area contributed by atoms with Crippen molar-refractivity contribution in [1.82, 2.24) is 0 Å². The van der Waals surface area contributed by atoms with E-state index < -0.39 is 32.8 Å². The molecule has 2 aromatic rings. The van der Waals surface area contributed by atoms with E-state index >= 15 is 0 Å². The molecule has 3 rings (SSSR count). The number of benzene rings is 2. The molecule has 0 radical (unpaired) electrons. The Morgan fingerprint density at radius 3 is 1.72 bits per heavy atom. The number of nitro benzene ring substituents is 2. The summed E-state index contributed by atoms with van der Waals surface area (Å²) in [4.78, 5) is 41.8. The molecule has 12 heteroatoms. The molecule has 2 N–H and O–H groups in total. The second-order valence-corrected chi connectivity index (χ2v) is 5.71. The van der Waals surface area contributed by atoms with Gasteiger partial charge in [0.25, 0.3) is 11.4 Å². The van der Waals surface area contributed by atoms with E-state index in [1.54, 1.807) is 0 Å². The number of Topliss-reactive ketones (excluding diaryl/α,β-unsaturated/α-hetero) is 2. The van der Waals surface area contributed by atoms with Crippen LogP contribution in [0.2, 0.25) is 0 Å². The summed E-state index contributed by atoms with van der Waals surface area (Å²) in [5, 5.41) is 39.2. The van der Waals surface area contributed by atoms with Gasteiger partial charge in [0, 0.05) is 12.1 Å². The Kier molecular flexibility index (Phi) is 5.97. The van der Waals surface area contributed by atoms with Crippen LogP contribution >= 0.6 is 0 Å². The molecule has 0 atom stereocenters. The number of phenolic OH excluding ortho intramolecular Hbond substituents is 2. The van der Waals surface area contributed by atoms with Crippen molar-refractivity contribution >= 4 is 22.9 Å². The van der Waals surface area contributed by atoms with Crippen molar-refractivity contribution in [3.63, 3.8) is 0 Å². The summed E-state index contributed by atoms with van der Waals surface area (Å²) in [6, 6.07) is 4.16. The minimum atomic E-state index is -0.796. The Balaban J connectivity index is 0.000000208. The number of carbonyl (C=O) groups excluding carboxylic acids is 2. The molecule has 0 spiro atoms. The van der Waals surface area contributed by atoms with Gasteiger partial charge < -0.3 is 19.7 Å². The maximum absolute atomic E-state index is 11.2. The van der Waals surface area contributed by atoms with E-state index in [0.717, 1.165) is 19.1 Å². The Morgan fingerprint density at radius 2 is 1.24 bits per heavy atom. The van der Waals surface area contributed by atoms with Gasteiger partial charge in [0.1, 0.15) is 0 Å². The van der Waals surface area contributed by atoms with Gasteiger partial charge in [-0.05, 0) is 13.8 Å². The first-order chi connectivity index (χ1) is 13.5. The predicted molar refractivity (Wildman–Crippen MR) is 95.7 cm³/mol. The molecule has 0 saturated heterocycles. The zero-order chi connectivity index (χ0) is 21.9. The number of hydrogen-bond donors (Lipinski definition) is 2. The fourth-order valence-corrected chi connectivity index (χ4v) is 2.36. The molecule has 12 nitrogen and oxygen atoms in total. The third-order valence-corrected chi connectivity index (χ3v) is 3.74. The molecule has 0 unspecified atom stereocenters. The number of nitro groups is 2. The Bertz CT molecular complexity index is 951. The van der Waals surface area contributed by atoms with E-state index in [-0.39, 0.29) is 29.4 Å². The van der Waals surface area contributed by atoms with E-state index in [1.807, 2.05) is 0 Å². The van der Waals surface area contributed by atoms with Gasteiger partial charge in [0.05, 0.1) is 33.1 Å². The molecule has 1 heterocycles. The first-order valence-corrected chi connectivity index (χ1v) is 7.83. The van der Waals surface area contributed by atoms with Crippen LogP contribution in [0.1, 0.15) is 34.6 Å². The van der Waals surface area contributed by atoms with Crippen LogP contribution in [0.4, 0.5) is 11.4 Å². The lowest BCUT2D eigenvalue weighted by molar-refractivity contribution is -0.385. The van der Waals surface area contributed by atoms with Crippen molar-refractivity contribution in [3.05, 3.63) is 55.6 Å². The first-order valence-electron chi connectivity index (χ1n) is 7.83. The van der Waals surface area contributed by atoms with Gasteiger partial charge in [0.2, 0.25) is 6.79 Å². The molecule has 0 aromatic heterocycles. The molecule has 0 saturated carbocycles. The van der Waals surface area contributed by atoms with Crippen LogP contribution in [-0.4, -0.2) is 38.4 Å². The molecule has 0 amide bonds. The molecule has 2 aromatic carbocycles. The van der Waals surface area contributed by atoms with Crippen LogP contribution in [0.5, 0.6) is 23.0 Å². The molecular formula is C17H14N2O10. The summed E-state index contributed by atoms with van der Waals surface area (Å²) in [5.41, 5.74) is -0.978. The van der Waals surface area contributed by atoms with Crippen molar-refractivity contribution in [3.8, 4) is 23.0 Å². The zero-order valence-corrected chi connectivity index (χ0v) is 15.1. The minimum absolute atomic E-state index is 0.0217. The summed E-state index contributed by atoms with van der Waals surface area (Å²) in [7, 11) is 0. The topological polar surface area (TPSA) is 179 Å². The van der Waals surface area contributed by atoms with Gasteiger partial charge in [-0.25, -0.2) is 0 Å². The van der Waals surface area contributed by atoms with E-state index in [0.29, 0.717) is 11.5 Å². The third kappa shape index (κ3) is 4.55. The average Bonchev–Trinajstić information content (AvgIpc) is 3.10. The number of fused-ring (bicyclic) bond motifs is 1. The second-order valence-electron chi connectivity index (χ2n) is 5.71. The van der Waals surface area contributed by atoms with Gasteiger partial charge in [-0.3, -0.25) is 29.8 Å². The van der Waals surface area contributed by atoms with Crippen LogP contribution in [0.15, 0.2) is 24.3 Å². The van der Waals surface area contributed by atoms with Crippen molar-refractivity contribution in [2.45, 2.75) is 13.8 Å². The largest absolute Gasteiger partial charge is 0.504 e. The number of ether oxygens (including phenoxy) is 2. The molecule has 0 aliphatic carbocycles. The number of nitrogens with zero attached hydrogens (tertiary/aromatic N) is 2. The van der Waals surface area contributed by atoms with Crippen molar-refractivity contribution < 1.29 is 39.1 Å². The summed E-state index contributed by atoms with van der Waals surface area (Å²) < 4.78 is 10.0. The van der Waals surface area contributed by atoms with Crippen LogP contribution < -0.4 is 9.47 Å². The van der Waals surface area contributed by atoms with Crippen molar-refractivity contribution in [2.75, 3.05) is 6.79 Å². The Hall–Kier alpha value is -4.22.